The van der Waals surface area contributed by atoms with E-state index in [1.54, 1.807) is 0 Å². The van der Waals surface area contributed by atoms with E-state index in [-0.39, 0.29) is 6.10 Å². The molecule has 4 heteroatoms. The van der Waals surface area contributed by atoms with Crippen LogP contribution in [0.2, 0.25) is 0 Å². The van der Waals surface area contributed by atoms with Crippen molar-refractivity contribution in [3.63, 3.8) is 0 Å². The van der Waals surface area contributed by atoms with Crippen LogP contribution in [0.1, 0.15) is 51.4 Å². The zero-order chi connectivity index (χ0) is 12.0. The third-order valence-electron chi connectivity index (χ3n) is 3.77. The third kappa shape index (κ3) is 4.71. The molecule has 0 saturated heterocycles. The lowest BCUT2D eigenvalue weighted by Gasteiger charge is -2.23. The van der Waals surface area contributed by atoms with Crippen molar-refractivity contribution >= 4 is 17.0 Å². The molecule has 94 valence electrons. The molecule has 0 bridgehead atoms. The molecule has 2 N–H and O–H groups in total. The number of hydrogen-bond donors (Lipinski definition) is 2. The average Bonchev–Trinajstić information content (AvgIpc) is 2.90. The quantitative estimate of drug-likeness (QED) is 0.734. The van der Waals surface area contributed by atoms with E-state index in [0.717, 1.165) is 0 Å². The summed E-state index contributed by atoms with van der Waals surface area (Å²) < 4.78 is 0. The van der Waals surface area contributed by atoms with Gasteiger partial charge in [0.2, 0.25) is 0 Å². The van der Waals surface area contributed by atoms with Crippen molar-refractivity contribution < 1.29 is 15.0 Å². The van der Waals surface area contributed by atoms with E-state index in [1.807, 2.05) is 0 Å². The Morgan fingerprint density at radius 3 is 1.50 bits per heavy atom. The fraction of sp³-hybridized carbons (Fsp3) is 0.917. The van der Waals surface area contributed by atoms with E-state index in [2.05, 4.69) is 11.6 Å². The first kappa shape index (κ1) is 13.8. The Labute approximate surface area is 102 Å². The molecule has 0 aliphatic heterocycles. The number of rotatable bonds is 2. The second-order valence-electron chi connectivity index (χ2n) is 4.83. The molecular formula is C12H21ClO3. The first-order chi connectivity index (χ1) is 7.61. The van der Waals surface area contributed by atoms with Crippen molar-refractivity contribution in [1.82, 2.24) is 0 Å². The predicted octanol–water partition coefficient (Wildman–Crippen LogP) is 3.63. The summed E-state index contributed by atoms with van der Waals surface area (Å²) in [6.45, 7) is 0. The van der Waals surface area contributed by atoms with Gasteiger partial charge in [0, 0.05) is 11.6 Å². The topological polar surface area (TPSA) is 57.5 Å². The third-order valence-corrected chi connectivity index (χ3v) is 3.77. The molecule has 0 spiro atoms. The molecular weight excluding hydrogens is 228 g/mol. The maximum absolute atomic E-state index is 10.0. The SMILES string of the molecule is O=C(O)Cl.OC(C1CCCC1)C1CCCC1. The van der Waals surface area contributed by atoms with Crippen LogP contribution in [0.15, 0.2) is 0 Å². The smallest absolute Gasteiger partial charge is 0.401 e. The zero-order valence-electron chi connectivity index (χ0n) is 9.57. The van der Waals surface area contributed by atoms with Crippen LogP contribution in [0.4, 0.5) is 4.79 Å². The number of carboxylic acid groups (broad SMARTS) is 1. The lowest BCUT2D eigenvalue weighted by atomic mass is 9.89. The van der Waals surface area contributed by atoms with Crippen LogP contribution in [0.5, 0.6) is 0 Å². The highest BCUT2D eigenvalue weighted by Crippen LogP contribution is 2.36. The molecule has 3 nitrogen and oxygen atoms in total. The monoisotopic (exact) mass is 248 g/mol. The summed E-state index contributed by atoms with van der Waals surface area (Å²) in [4.78, 5) is 8.77. The Morgan fingerprint density at radius 1 is 1.00 bits per heavy atom. The second kappa shape index (κ2) is 7.13. The van der Waals surface area contributed by atoms with Crippen LogP contribution >= 0.6 is 11.6 Å². The number of hydrogen-bond acceptors (Lipinski definition) is 2. The van der Waals surface area contributed by atoms with Crippen molar-refractivity contribution in [3.05, 3.63) is 0 Å². The minimum Gasteiger partial charge on any atom is -0.469 e. The van der Waals surface area contributed by atoms with Crippen molar-refractivity contribution in [3.8, 4) is 0 Å². The van der Waals surface area contributed by atoms with Gasteiger partial charge in [0.15, 0.2) is 0 Å². The van der Waals surface area contributed by atoms with Gasteiger partial charge < -0.3 is 10.2 Å². The van der Waals surface area contributed by atoms with E-state index in [4.69, 9.17) is 9.90 Å². The highest BCUT2D eigenvalue weighted by Gasteiger charge is 2.31. The van der Waals surface area contributed by atoms with E-state index >= 15 is 0 Å². The summed E-state index contributed by atoms with van der Waals surface area (Å²) in [5.41, 5.74) is -1.36. The standard InChI is InChI=1S/C11H20O.CHClO2/c12-11(9-5-1-2-6-9)10-7-3-4-8-10;2-1(3)4/h9-12H,1-8H2;(H,3,4). The highest BCUT2D eigenvalue weighted by molar-refractivity contribution is 6.60. The number of halogens is 1. The van der Waals surface area contributed by atoms with Gasteiger partial charge in [-0.1, -0.05) is 25.7 Å². The van der Waals surface area contributed by atoms with E-state index in [9.17, 15) is 5.11 Å². The molecule has 0 heterocycles. The molecule has 2 aliphatic carbocycles. The molecule has 2 rings (SSSR count). The summed E-state index contributed by atoms with van der Waals surface area (Å²) in [6, 6.07) is 0. The minimum absolute atomic E-state index is 0.0509. The molecule has 2 fully saturated rings. The van der Waals surface area contributed by atoms with Crippen LogP contribution < -0.4 is 0 Å². The van der Waals surface area contributed by atoms with Crippen molar-refractivity contribution in [2.24, 2.45) is 11.8 Å². The van der Waals surface area contributed by atoms with Gasteiger partial charge in [-0.05, 0) is 37.5 Å². The number of aliphatic hydroxyl groups excluding tert-OH is 1. The molecule has 0 aromatic heterocycles. The molecule has 0 aromatic carbocycles. The van der Waals surface area contributed by atoms with Gasteiger partial charge in [0.25, 0.3) is 0 Å². The number of carbonyl (C=O) groups is 1. The predicted molar refractivity (Wildman–Crippen MR) is 63.8 cm³/mol. The second-order valence-corrected chi connectivity index (χ2v) is 5.16. The minimum atomic E-state index is -1.36. The fourth-order valence-corrected chi connectivity index (χ4v) is 2.98. The molecule has 0 atom stereocenters. The molecule has 0 radical (unpaired) electrons. The Bertz CT molecular complexity index is 188. The van der Waals surface area contributed by atoms with Crippen LogP contribution in [-0.2, 0) is 0 Å². The first-order valence-corrected chi connectivity index (χ1v) is 6.55. The van der Waals surface area contributed by atoms with Gasteiger partial charge in [-0.3, -0.25) is 0 Å². The Kier molecular flexibility index (Phi) is 6.14. The zero-order valence-corrected chi connectivity index (χ0v) is 10.3. The lowest BCUT2D eigenvalue weighted by Crippen LogP contribution is -2.25. The van der Waals surface area contributed by atoms with Crippen LogP contribution in [0, 0.1) is 11.8 Å². The Morgan fingerprint density at radius 2 is 1.25 bits per heavy atom. The normalized spacial score (nSPS) is 22.2. The summed E-state index contributed by atoms with van der Waals surface area (Å²) in [7, 11) is 0. The lowest BCUT2D eigenvalue weighted by molar-refractivity contribution is 0.0552. The van der Waals surface area contributed by atoms with Gasteiger partial charge in [-0.2, -0.15) is 0 Å². The average molecular weight is 249 g/mol. The van der Waals surface area contributed by atoms with E-state index < -0.39 is 5.43 Å². The van der Waals surface area contributed by atoms with Gasteiger partial charge in [-0.15, -0.1) is 0 Å². The van der Waals surface area contributed by atoms with Gasteiger partial charge in [-0.25, -0.2) is 4.79 Å². The van der Waals surface area contributed by atoms with Crippen molar-refractivity contribution in [1.29, 1.82) is 0 Å². The first-order valence-electron chi connectivity index (χ1n) is 6.17. The van der Waals surface area contributed by atoms with Gasteiger partial charge in [0.1, 0.15) is 0 Å². The maximum atomic E-state index is 10.0. The Balaban J connectivity index is 0.000000280. The van der Waals surface area contributed by atoms with E-state index in [0.29, 0.717) is 11.8 Å². The van der Waals surface area contributed by atoms with Gasteiger partial charge >= 0.3 is 5.43 Å². The van der Waals surface area contributed by atoms with Crippen molar-refractivity contribution in [2.45, 2.75) is 57.5 Å². The fourth-order valence-electron chi connectivity index (χ4n) is 2.98. The summed E-state index contributed by atoms with van der Waals surface area (Å²) in [5, 5.41) is 17.2. The van der Waals surface area contributed by atoms with E-state index in [1.165, 1.54) is 51.4 Å². The van der Waals surface area contributed by atoms with Crippen LogP contribution in [0.25, 0.3) is 0 Å². The molecule has 2 aliphatic rings. The molecule has 2 saturated carbocycles. The van der Waals surface area contributed by atoms with Crippen LogP contribution in [-0.4, -0.2) is 21.7 Å². The Hall–Kier alpha value is -0.280. The molecule has 0 amide bonds. The molecule has 0 unspecified atom stereocenters. The summed E-state index contributed by atoms with van der Waals surface area (Å²) in [6.07, 6.45) is 10.6. The maximum Gasteiger partial charge on any atom is 0.401 e. The largest absolute Gasteiger partial charge is 0.469 e. The van der Waals surface area contributed by atoms with Crippen LogP contribution in [0.3, 0.4) is 0 Å². The highest BCUT2D eigenvalue weighted by atomic mass is 35.5. The number of aliphatic hydroxyl groups is 1. The summed E-state index contributed by atoms with van der Waals surface area (Å²) in [5.74, 6) is 1.32. The van der Waals surface area contributed by atoms with Gasteiger partial charge in [0.05, 0.1) is 6.10 Å². The molecule has 16 heavy (non-hydrogen) atoms. The summed E-state index contributed by atoms with van der Waals surface area (Å²) >= 11 is 4.19. The molecule has 0 aromatic rings. The van der Waals surface area contributed by atoms with Crippen molar-refractivity contribution in [2.75, 3.05) is 0 Å².